The van der Waals surface area contributed by atoms with Crippen molar-refractivity contribution in [1.29, 1.82) is 0 Å². The Morgan fingerprint density at radius 3 is 2.64 bits per heavy atom. The highest BCUT2D eigenvalue weighted by molar-refractivity contribution is 9.10. The maximum absolute atomic E-state index is 5.17. The summed E-state index contributed by atoms with van der Waals surface area (Å²) in [6.07, 6.45) is 2.81. The molecular formula is C11H13BrNO. The molecule has 0 heterocycles. The summed E-state index contributed by atoms with van der Waals surface area (Å²) in [6, 6.07) is 7.73. The molecule has 3 heteroatoms. The van der Waals surface area contributed by atoms with Crippen LogP contribution < -0.4 is 0 Å². The lowest BCUT2D eigenvalue weighted by molar-refractivity contribution is 0.00199. The minimum absolute atomic E-state index is 0.265. The van der Waals surface area contributed by atoms with Crippen LogP contribution in [0.4, 0.5) is 0 Å². The molecule has 0 saturated carbocycles. The molecular weight excluding hydrogens is 242 g/mol. The summed E-state index contributed by atoms with van der Waals surface area (Å²) >= 11 is 3.37. The maximum atomic E-state index is 5.17. The highest BCUT2D eigenvalue weighted by Crippen LogP contribution is 2.11. The van der Waals surface area contributed by atoms with Gasteiger partial charge < -0.3 is 4.84 Å². The van der Waals surface area contributed by atoms with Crippen molar-refractivity contribution in [1.82, 2.24) is 0 Å². The Morgan fingerprint density at radius 2 is 2.07 bits per heavy atom. The quantitative estimate of drug-likeness (QED) is 0.585. The van der Waals surface area contributed by atoms with Crippen LogP contribution in [-0.2, 0) is 4.84 Å². The third-order valence-electron chi connectivity index (χ3n) is 1.32. The summed E-state index contributed by atoms with van der Waals surface area (Å²) in [6.45, 7) is 5.83. The van der Waals surface area contributed by atoms with Crippen LogP contribution in [0.3, 0.4) is 0 Å². The van der Waals surface area contributed by atoms with Crippen LogP contribution in [0.5, 0.6) is 0 Å². The first-order chi connectivity index (χ1) is 6.47. The molecule has 0 amide bonds. The molecule has 14 heavy (non-hydrogen) atoms. The Kier molecular flexibility index (Phi) is 3.69. The molecule has 0 fully saturated rings. The maximum Gasteiger partial charge on any atom is 0.139 e. The van der Waals surface area contributed by atoms with Gasteiger partial charge in [-0.25, -0.2) is 0 Å². The molecule has 0 atom stereocenters. The van der Waals surface area contributed by atoms with Gasteiger partial charge in [0.2, 0.25) is 0 Å². The Balaban J connectivity index is 2.61. The summed E-state index contributed by atoms with van der Waals surface area (Å²) in [5.74, 6) is 0. The van der Waals surface area contributed by atoms with Crippen LogP contribution in [0.2, 0.25) is 0 Å². The first kappa shape index (κ1) is 11.2. The van der Waals surface area contributed by atoms with Crippen molar-refractivity contribution in [2.75, 3.05) is 0 Å². The minimum atomic E-state index is -0.265. The average Bonchev–Trinajstić information content (AvgIpc) is 2.01. The van der Waals surface area contributed by atoms with Crippen LogP contribution >= 0.6 is 15.9 Å². The molecule has 1 aromatic carbocycles. The molecule has 0 N–H and O–H groups in total. The lowest BCUT2D eigenvalue weighted by atomic mass is 10.2. The largest absolute Gasteiger partial charge is 0.390 e. The molecule has 1 aromatic rings. The van der Waals surface area contributed by atoms with E-state index in [-0.39, 0.29) is 5.60 Å². The second kappa shape index (κ2) is 4.60. The van der Waals surface area contributed by atoms with Gasteiger partial charge in [-0.15, -0.1) is 0 Å². The third-order valence-corrected chi connectivity index (χ3v) is 1.81. The van der Waals surface area contributed by atoms with Crippen LogP contribution in [0.1, 0.15) is 26.3 Å². The summed E-state index contributed by atoms with van der Waals surface area (Å²) in [5, 5.41) is 3.78. The fourth-order valence-corrected chi connectivity index (χ4v) is 1.17. The van der Waals surface area contributed by atoms with Gasteiger partial charge in [0.25, 0.3) is 0 Å². The van der Waals surface area contributed by atoms with Gasteiger partial charge in [0.1, 0.15) is 11.8 Å². The molecule has 2 nitrogen and oxygen atoms in total. The van der Waals surface area contributed by atoms with E-state index in [1.807, 2.05) is 45.0 Å². The van der Waals surface area contributed by atoms with Gasteiger partial charge in [0, 0.05) is 10.0 Å². The van der Waals surface area contributed by atoms with Crippen molar-refractivity contribution in [3.63, 3.8) is 0 Å². The number of hydrogen-bond donors (Lipinski definition) is 0. The van der Waals surface area contributed by atoms with E-state index >= 15 is 0 Å². The van der Waals surface area contributed by atoms with Crippen molar-refractivity contribution in [3.8, 4) is 0 Å². The molecule has 0 spiro atoms. The summed E-state index contributed by atoms with van der Waals surface area (Å²) in [5.41, 5.74) is 0.627. The first-order valence-electron chi connectivity index (χ1n) is 4.37. The zero-order valence-corrected chi connectivity index (χ0v) is 10.1. The number of benzene rings is 1. The van der Waals surface area contributed by atoms with Gasteiger partial charge in [0.15, 0.2) is 0 Å². The van der Waals surface area contributed by atoms with E-state index in [1.54, 1.807) is 0 Å². The summed E-state index contributed by atoms with van der Waals surface area (Å²) in [7, 11) is 0. The number of halogens is 1. The van der Waals surface area contributed by atoms with E-state index in [9.17, 15) is 0 Å². The van der Waals surface area contributed by atoms with E-state index in [4.69, 9.17) is 4.84 Å². The van der Waals surface area contributed by atoms with Crippen LogP contribution in [0, 0.1) is 0 Å². The number of rotatable bonds is 2. The molecule has 0 aliphatic rings. The predicted molar refractivity (Wildman–Crippen MR) is 61.5 cm³/mol. The number of nitrogens with zero attached hydrogens (tertiary/aromatic N) is 1. The topological polar surface area (TPSA) is 21.6 Å². The standard InChI is InChI=1S/C11H13BrNO/c1-11(2,3)14-13-8-9-5-4-6-10(12)7-9/h4-7H,1-3H3. The molecule has 1 radical (unpaired) electrons. The summed E-state index contributed by atoms with van der Waals surface area (Å²) in [4.78, 5) is 5.17. The van der Waals surface area contributed by atoms with Crippen molar-refractivity contribution >= 4 is 22.1 Å². The smallest absolute Gasteiger partial charge is 0.139 e. The Hall–Kier alpha value is -0.830. The fraction of sp³-hybridized carbons (Fsp3) is 0.364. The van der Waals surface area contributed by atoms with Crippen molar-refractivity contribution in [2.45, 2.75) is 26.4 Å². The van der Waals surface area contributed by atoms with Crippen LogP contribution in [0.15, 0.2) is 33.9 Å². The monoisotopic (exact) mass is 254 g/mol. The van der Waals surface area contributed by atoms with E-state index in [0.717, 1.165) is 10.0 Å². The molecule has 0 unspecified atom stereocenters. The molecule has 75 valence electrons. The molecule has 0 aliphatic carbocycles. The van der Waals surface area contributed by atoms with Crippen molar-refractivity contribution in [3.05, 3.63) is 34.3 Å². The van der Waals surface area contributed by atoms with Crippen molar-refractivity contribution < 1.29 is 4.84 Å². The Labute approximate surface area is 93.1 Å². The minimum Gasteiger partial charge on any atom is -0.390 e. The molecule has 1 rings (SSSR count). The number of hydrogen-bond acceptors (Lipinski definition) is 2. The van der Waals surface area contributed by atoms with Gasteiger partial charge in [-0.3, -0.25) is 0 Å². The van der Waals surface area contributed by atoms with Gasteiger partial charge in [-0.2, -0.15) is 0 Å². The zero-order valence-electron chi connectivity index (χ0n) is 8.54. The van der Waals surface area contributed by atoms with Gasteiger partial charge >= 0.3 is 0 Å². The second-order valence-electron chi connectivity index (χ2n) is 3.92. The first-order valence-corrected chi connectivity index (χ1v) is 5.16. The van der Waals surface area contributed by atoms with E-state index in [1.165, 1.54) is 0 Å². The lowest BCUT2D eigenvalue weighted by Crippen LogP contribution is -2.15. The second-order valence-corrected chi connectivity index (χ2v) is 4.83. The third kappa shape index (κ3) is 4.42. The predicted octanol–water partition coefficient (Wildman–Crippen LogP) is 3.48. The highest BCUT2D eigenvalue weighted by Gasteiger charge is 2.09. The normalized spacial score (nSPS) is 12.0. The van der Waals surface area contributed by atoms with Gasteiger partial charge in [-0.1, -0.05) is 33.2 Å². The van der Waals surface area contributed by atoms with Crippen LogP contribution in [-0.4, -0.2) is 11.8 Å². The zero-order chi connectivity index (χ0) is 10.6. The van der Waals surface area contributed by atoms with E-state index in [2.05, 4.69) is 27.3 Å². The molecule has 0 aliphatic heterocycles. The van der Waals surface area contributed by atoms with Gasteiger partial charge in [0.05, 0.1) is 0 Å². The highest BCUT2D eigenvalue weighted by atomic mass is 79.9. The van der Waals surface area contributed by atoms with Crippen LogP contribution in [0.25, 0.3) is 0 Å². The molecule has 0 saturated heterocycles. The van der Waals surface area contributed by atoms with Gasteiger partial charge in [-0.05, 0) is 32.9 Å². The van der Waals surface area contributed by atoms with E-state index < -0.39 is 0 Å². The lowest BCUT2D eigenvalue weighted by Gasteiger charge is -2.14. The SMILES string of the molecule is CC(C)(C)O/N=[C]/c1cccc(Br)c1. The van der Waals surface area contributed by atoms with Crippen molar-refractivity contribution in [2.24, 2.45) is 5.16 Å². The average molecular weight is 255 g/mol. The van der Waals surface area contributed by atoms with E-state index in [0.29, 0.717) is 0 Å². The molecule has 0 bridgehead atoms. The summed E-state index contributed by atoms with van der Waals surface area (Å²) < 4.78 is 1.01. The Bertz CT molecular complexity index is 328. The molecule has 0 aromatic heterocycles. The Morgan fingerprint density at radius 1 is 1.36 bits per heavy atom. The fourth-order valence-electron chi connectivity index (χ4n) is 0.770.